The molecule has 1 heterocycles. The van der Waals surface area contributed by atoms with Crippen LogP contribution in [-0.2, 0) is 11.8 Å². The smallest absolute Gasteiger partial charge is 0.254 e. The van der Waals surface area contributed by atoms with Crippen molar-refractivity contribution in [3.05, 3.63) is 12.3 Å². The lowest BCUT2D eigenvalue weighted by Crippen LogP contribution is -2.26. The van der Waals surface area contributed by atoms with Crippen LogP contribution in [-0.4, -0.2) is 26.9 Å². The van der Waals surface area contributed by atoms with E-state index < -0.39 is 12.0 Å². The lowest BCUT2D eigenvalue weighted by molar-refractivity contribution is -0.124. The van der Waals surface area contributed by atoms with Gasteiger partial charge in [0.1, 0.15) is 6.10 Å². The van der Waals surface area contributed by atoms with Crippen LogP contribution in [0.25, 0.3) is 0 Å². The van der Waals surface area contributed by atoms with E-state index in [0.717, 1.165) is 0 Å². The molecule has 5 heteroatoms. The van der Waals surface area contributed by atoms with Crippen molar-refractivity contribution < 1.29 is 9.90 Å². The molecule has 5 nitrogen and oxygen atoms in total. The van der Waals surface area contributed by atoms with Crippen LogP contribution in [0.1, 0.15) is 13.3 Å². The molecular formula is C8H13N3O2. The minimum Gasteiger partial charge on any atom is -0.383 e. The fourth-order valence-corrected chi connectivity index (χ4v) is 0.877. The van der Waals surface area contributed by atoms with E-state index in [9.17, 15) is 4.79 Å². The quantitative estimate of drug-likeness (QED) is 0.700. The van der Waals surface area contributed by atoms with Gasteiger partial charge in [-0.3, -0.25) is 9.48 Å². The maximum absolute atomic E-state index is 11.1. The number of carbonyl (C=O) groups is 1. The molecule has 0 fully saturated rings. The van der Waals surface area contributed by atoms with Crippen molar-refractivity contribution in [2.24, 2.45) is 7.05 Å². The van der Waals surface area contributed by atoms with Crippen LogP contribution < -0.4 is 5.32 Å². The third-order valence-electron chi connectivity index (χ3n) is 1.65. The summed E-state index contributed by atoms with van der Waals surface area (Å²) in [7, 11) is 1.76. The van der Waals surface area contributed by atoms with Gasteiger partial charge in [-0.15, -0.1) is 0 Å². The van der Waals surface area contributed by atoms with Gasteiger partial charge in [0, 0.05) is 19.3 Å². The number of nitrogens with zero attached hydrogens (tertiary/aromatic N) is 2. The van der Waals surface area contributed by atoms with Gasteiger partial charge >= 0.3 is 0 Å². The van der Waals surface area contributed by atoms with Gasteiger partial charge < -0.3 is 10.4 Å². The molecule has 0 spiro atoms. The van der Waals surface area contributed by atoms with Crippen LogP contribution in [0.15, 0.2) is 12.3 Å². The predicted molar refractivity (Wildman–Crippen MR) is 48.1 cm³/mol. The summed E-state index contributed by atoms with van der Waals surface area (Å²) in [5, 5.41) is 15.6. The summed E-state index contributed by atoms with van der Waals surface area (Å²) in [6.45, 7) is 1.74. The van der Waals surface area contributed by atoms with Crippen molar-refractivity contribution in [3.63, 3.8) is 0 Å². The minimum atomic E-state index is -0.956. The molecule has 0 aliphatic rings. The summed E-state index contributed by atoms with van der Waals surface area (Å²) in [5.41, 5.74) is 0. The van der Waals surface area contributed by atoms with Crippen molar-refractivity contribution in [2.45, 2.75) is 19.4 Å². The summed E-state index contributed by atoms with van der Waals surface area (Å²) in [5.74, 6) is 0.0428. The normalized spacial score (nSPS) is 12.5. The molecule has 1 amide bonds. The standard InChI is InChI=1S/C8H13N3O2/c1-3-6(12)8(13)9-7-4-5-11(2)10-7/h4-6,12H,3H2,1-2H3,(H,9,10,13). The molecule has 1 unspecified atom stereocenters. The van der Waals surface area contributed by atoms with Crippen molar-refractivity contribution in [1.82, 2.24) is 9.78 Å². The molecule has 0 aliphatic carbocycles. The van der Waals surface area contributed by atoms with Crippen LogP contribution in [0.5, 0.6) is 0 Å². The maximum Gasteiger partial charge on any atom is 0.254 e. The second-order valence-electron chi connectivity index (χ2n) is 2.79. The van der Waals surface area contributed by atoms with Crippen LogP contribution in [0.2, 0.25) is 0 Å². The Hall–Kier alpha value is -1.36. The van der Waals surface area contributed by atoms with Gasteiger partial charge in [-0.2, -0.15) is 5.10 Å². The lowest BCUT2D eigenvalue weighted by atomic mass is 10.2. The number of hydrogen-bond donors (Lipinski definition) is 2. The van der Waals surface area contributed by atoms with Gasteiger partial charge in [0.05, 0.1) is 0 Å². The number of nitrogens with one attached hydrogen (secondary N) is 1. The van der Waals surface area contributed by atoms with Gasteiger partial charge in [0.15, 0.2) is 5.82 Å². The maximum atomic E-state index is 11.1. The Morgan fingerprint density at radius 2 is 2.54 bits per heavy atom. The Morgan fingerprint density at radius 3 is 3.00 bits per heavy atom. The highest BCUT2D eigenvalue weighted by atomic mass is 16.3. The Balaban J connectivity index is 2.54. The Kier molecular flexibility index (Phi) is 3.02. The first-order valence-corrected chi connectivity index (χ1v) is 4.12. The van der Waals surface area contributed by atoms with Crippen LogP contribution in [0, 0.1) is 0 Å². The molecular weight excluding hydrogens is 170 g/mol. The zero-order chi connectivity index (χ0) is 9.84. The fourth-order valence-electron chi connectivity index (χ4n) is 0.877. The number of aliphatic hydroxyl groups is 1. The number of amides is 1. The molecule has 2 N–H and O–H groups in total. The number of hydrogen-bond acceptors (Lipinski definition) is 3. The molecule has 1 aromatic heterocycles. The average Bonchev–Trinajstić information content (AvgIpc) is 2.49. The van der Waals surface area contributed by atoms with Crippen molar-refractivity contribution in [2.75, 3.05) is 5.32 Å². The van der Waals surface area contributed by atoms with Gasteiger partial charge in [0.2, 0.25) is 0 Å². The lowest BCUT2D eigenvalue weighted by Gasteiger charge is -2.05. The average molecular weight is 183 g/mol. The van der Waals surface area contributed by atoms with Crippen LogP contribution >= 0.6 is 0 Å². The largest absolute Gasteiger partial charge is 0.383 e. The molecule has 0 saturated carbocycles. The summed E-state index contributed by atoms with van der Waals surface area (Å²) in [4.78, 5) is 11.1. The Bertz CT molecular complexity index is 295. The molecule has 0 saturated heterocycles. The molecule has 13 heavy (non-hydrogen) atoms. The highest BCUT2D eigenvalue weighted by molar-refractivity contribution is 5.92. The molecule has 0 aromatic carbocycles. The number of rotatable bonds is 3. The van der Waals surface area contributed by atoms with Gasteiger partial charge in [-0.05, 0) is 6.42 Å². The van der Waals surface area contributed by atoms with Crippen molar-refractivity contribution in [1.29, 1.82) is 0 Å². The molecule has 1 aromatic rings. The number of carbonyl (C=O) groups excluding carboxylic acids is 1. The molecule has 1 rings (SSSR count). The van der Waals surface area contributed by atoms with E-state index in [2.05, 4.69) is 10.4 Å². The van der Waals surface area contributed by atoms with E-state index in [1.54, 1.807) is 30.9 Å². The SMILES string of the molecule is CCC(O)C(=O)Nc1ccn(C)n1. The number of anilines is 1. The number of aliphatic hydroxyl groups excluding tert-OH is 1. The van der Waals surface area contributed by atoms with Crippen molar-refractivity contribution >= 4 is 11.7 Å². The highest BCUT2D eigenvalue weighted by Crippen LogP contribution is 2.02. The molecule has 0 bridgehead atoms. The van der Waals surface area contributed by atoms with E-state index in [1.807, 2.05) is 0 Å². The second-order valence-corrected chi connectivity index (χ2v) is 2.79. The number of aromatic nitrogens is 2. The van der Waals surface area contributed by atoms with E-state index in [1.165, 1.54) is 0 Å². The third kappa shape index (κ3) is 2.55. The fraction of sp³-hybridized carbons (Fsp3) is 0.500. The Labute approximate surface area is 76.4 Å². The van der Waals surface area contributed by atoms with Crippen molar-refractivity contribution in [3.8, 4) is 0 Å². The van der Waals surface area contributed by atoms with E-state index >= 15 is 0 Å². The third-order valence-corrected chi connectivity index (χ3v) is 1.65. The summed E-state index contributed by atoms with van der Waals surface area (Å²) in [6, 6.07) is 1.67. The second kappa shape index (κ2) is 4.04. The van der Waals surface area contributed by atoms with Crippen LogP contribution in [0.4, 0.5) is 5.82 Å². The topological polar surface area (TPSA) is 67.2 Å². The summed E-state index contributed by atoms with van der Waals surface area (Å²) >= 11 is 0. The van der Waals surface area contributed by atoms with E-state index in [-0.39, 0.29) is 0 Å². The zero-order valence-electron chi connectivity index (χ0n) is 7.69. The van der Waals surface area contributed by atoms with Gasteiger partial charge in [0.25, 0.3) is 5.91 Å². The van der Waals surface area contributed by atoms with E-state index in [0.29, 0.717) is 12.2 Å². The van der Waals surface area contributed by atoms with Gasteiger partial charge in [-0.1, -0.05) is 6.92 Å². The Morgan fingerprint density at radius 1 is 1.85 bits per heavy atom. The predicted octanol–water partition coefficient (Wildman–Crippen LogP) is 0.130. The molecule has 72 valence electrons. The summed E-state index contributed by atoms with van der Waals surface area (Å²) in [6.07, 6.45) is 1.16. The first-order valence-electron chi connectivity index (χ1n) is 4.12. The molecule has 0 aliphatic heterocycles. The number of aryl methyl sites for hydroxylation is 1. The van der Waals surface area contributed by atoms with Gasteiger partial charge in [-0.25, -0.2) is 0 Å². The first-order chi connectivity index (χ1) is 6.13. The molecule has 0 radical (unpaired) electrons. The minimum absolute atomic E-state index is 0.401. The summed E-state index contributed by atoms with van der Waals surface area (Å²) < 4.78 is 1.58. The molecule has 1 atom stereocenters. The highest BCUT2D eigenvalue weighted by Gasteiger charge is 2.12. The first kappa shape index (κ1) is 9.73. The zero-order valence-corrected chi connectivity index (χ0v) is 7.69. The van der Waals surface area contributed by atoms with E-state index in [4.69, 9.17) is 5.11 Å². The van der Waals surface area contributed by atoms with Crippen LogP contribution in [0.3, 0.4) is 0 Å². The monoisotopic (exact) mass is 183 g/mol.